The molecule has 8 heteroatoms. The van der Waals surface area contributed by atoms with Crippen LogP contribution in [-0.4, -0.2) is 17.2 Å². The second-order valence-electron chi connectivity index (χ2n) is 5.82. The van der Waals surface area contributed by atoms with Crippen LogP contribution >= 0.6 is 11.9 Å². The summed E-state index contributed by atoms with van der Waals surface area (Å²) >= 11 is 1.47. The van der Waals surface area contributed by atoms with Crippen molar-refractivity contribution in [3.05, 3.63) is 52.2 Å². The second kappa shape index (κ2) is 7.45. The first-order chi connectivity index (χ1) is 12.8. The predicted octanol–water partition coefficient (Wildman–Crippen LogP) is 3.64. The minimum atomic E-state index is -4.76. The van der Waals surface area contributed by atoms with E-state index in [1.165, 1.54) is 24.1 Å². The van der Waals surface area contributed by atoms with Gasteiger partial charge in [-0.1, -0.05) is 30.2 Å². The molecule has 0 atom stereocenters. The Morgan fingerprint density at radius 2 is 1.93 bits per heavy atom. The third-order valence-corrected chi connectivity index (χ3v) is 4.56. The Bertz CT molecular complexity index is 1040. The van der Waals surface area contributed by atoms with Gasteiger partial charge in [-0.3, -0.25) is 0 Å². The smallest absolute Gasteiger partial charge is 0.406 e. The molecular formula is C19H16F3N3OS. The lowest BCUT2D eigenvalue weighted by Gasteiger charge is -2.10. The molecule has 2 aromatic rings. The molecule has 1 aromatic carbocycles. The van der Waals surface area contributed by atoms with Crippen LogP contribution in [0.1, 0.15) is 12.0 Å². The topological polar surface area (TPSA) is 50.0 Å². The van der Waals surface area contributed by atoms with Crippen molar-refractivity contribution >= 4 is 29.8 Å². The Hall–Kier alpha value is -2.79. The molecule has 140 valence electrons. The average molecular weight is 391 g/mol. The summed E-state index contributed by atoms with van der Waals surface area (Å²) in [4.78, 5) is 0. The average Bonchev–Trinajstić information content (AvgIpc) is 2.74. The van der Waals surface area contributed by atoms with Crippen LogP contribution in [0.4, 0.5) is 18.9 Å². The van der Waals surface area contributed by atoms with Crippen LogP contribution in [0.25, 0.3) is 23.4 Å². The number of allylic oxidation sites excluding steroid dienone is 2. The Kier molecular flexibility index (Phi) is 5.24. The normalized spacial score (nSPS) is 13.4. The number of alkyl halides is 3. The number of nitrogens with one attached hydrogen (secondary N) is 1. The lowest BCUT2D eigenvalue weighted by atomic mass is 10.1. The van der Waals surface area contributed by atoms with Gasteiger partial charge in [0.25, 0.3) is 0 Å². The van der Waals surface area contributed by atoms with Gasteiger partial charge in [-0.05, 0) is 30.2 Å². The molecule has 1 N–H and O–H groups in total. The highest BCUT2D eigenvalue weighted by atomic mass is 32.2. The van der Waals surface area contributed by atoms with Gasteiger partial charge in [0.1, 0.15) is 11.8 Å². The number of halogens is 3. The zero-order valence-electron chi connectivity index (χ0n) is 14.6. The number of aromatic nitrogens is 1. The molecule has 1 aliphatic rings. The first kappa shape index (κ1) is 19.0. The van der Waals surface area contributed by atoms with Crippen LogP contribution in [0.3, 0.4) is 0 Å². The third-order valence-electron chi connectivity index (χ3n) is 4.12. The standard InChI is InChI=1S/C19H16F3N3OS/c1-25-17-10-14(26-19(20,21)22)4-3-5-15(17)16(11-23)18(25)12-6-8-13(9-7-12)24-27-2/h4-10,24H,3H2,1-2H3. The summed E-state index contributed by atoms with van der Waals surface area (Å²) in [6, 6.07) is 9.71. The monoisotopic (exact) mass is 391 g/mol. The third kappa shape index (κ3) is 3.98. The molecule has 0 amide bonds. The molecule has 0 saturated carbocycles. The van der Waals surface area contributed by atoms with E-state index in [1.54, 1.807) is 17.7 Å². The molecule has 1 aromatic heterocycles. The molecule has 4 nitrogen and oxygen atoms in total. The first-order valence-electron chi connectivity index (χ1n) is 8.00. The Morgan fingerprint density at radius 1 is 1.22 bits per heavy atom. The van der Waals surface area contributed by atoms with Crippen molar-refractivity contribution in [3.63, 3.8) is 0 Å². The number of fused-ring (bicyclic) bond motifs is 1. The summed E-state index contributed by atoms with van der Waals surface area (Å²) in [7, 11) is 1.73. The summed E-state index contributed by atoms with van der Waals surface area (Å²) < 4.78 is 46.7. The maximum atomic E-state index is 12.6. The fraction of sp³-hybridized carbons (Fsp3) is 0.211. The largest absolute Gasteiger partial charge is 0.573 e. The molecule has 0 saturated heterocycles. The molecule has 0 aliphatic heterocycles. The molecule has 1 aliphatic carbocycles. The number of rotatable bonds is 4. The van der Waals surface area contributed by atoms with E-state index in [1.807, 2.05) is 30.5 Å². The molecule has 0 spiro atoms. The highest BCUT2D eigenvalue weighted by Crippen LogP contribution is 2.25. The van der Waals surface area contributed by atoms with Crippen molar-refractivity contribution in [2.45, 2.75) is 12.8 Å². The SMILES string of the molecule is CSNc1ccc(-c2c(C#N)c3c(n2C)=CC(OC(F)(F)F)=CCC=3)cc1. The van der Waals surface area contributed by atoms with Gasteiger partial charge in [0.2, 0.25) is 0 Å². The van der Waals surface area contributed by atoms with Crippen LogP contribution in [0, 0.1) is 11.3 Å². The number of ether oxygens (including phenoxy) is 1. The highest BCUT2D eigenvalue weighted by molar-refractivity contribution is 7.99. The van der Waals surface area contributed by atoms with Crippen molar-refractivity contribution in [2.75, 3.05) is 11.0 Å². The minimum absolute atomic E-state index is 0.240. The number of hydrogen-bond donors (Lipinski definition) is 1. The number of nitrogens with zero attached hydrogens (tertiary/aromatic N) is 2. The lowest BCUT2D eigenvalue weighted by Crippen LogP contribution is -2.29. The molecule has 0 fully saturated rings. The van der Waals surface area contributed by atoms with Gasteiger partial charge >= 0.3 is 6.36 Å². The van der Waals surface area contributed by atoms with Crippen LogP contribution in [0.5, 0.6) is 0 Å². The van der Waals surface area contributed by atoms with E-state index >= 15 is 0 Å². The molecule has 0 bridgehead atoms. The summed E-state index contributed by atoms with van der Waals surface area (Å²) in [6.45, 7) is 0. The molecule has 3 rings (SSSR count). The van der Waals surface area contributed by atoms with E-state index in [0.717, 1.165) is 11.3 Å². The van der Waals surface area contributed by atoms with Crippen LogP contribution in [0.15, 0.2) is 36.1 Å². The van der Waals surface area contributed by atoms with Crippen LogP contribution < -0.4 is 15.3 Å². The number of anilines is 1. The van der Waals surface area contributed by atoms with Crippen LogP contribution in [-0.2, 0) is 11.8 Å². The van der Waals surface area contributed by atoms with E-state index in [0.29, 0.717) is 21.8 Å². The zero-order valence-corrected chi connectivity index (χ0v) is 15.4. The van der Waals surface area contributed by atoms with Crippen molar-refractivity contribution in [1.82, 2.24) is 4.57 Å². The predicted molar refractivity (Wildman–Crippen MR) is 101 cm³/mol. The lowest BCUT2D eigenvalue weighted by molar-refractivity contribution is -0.302. The van der Waals surface area contributed by atoms with Crippen molar-refractivity contribution in [2.24, 2.45) is 7.05 Å². The van der Waals surface area contributed by atoms with E-state index in [4.69, 9.17) is 0 Å². The van der Waals surface area contributed by atoms with Gasteiger partial charge in [-0.15, -0.1) is 13.2 Å². The maximum absolute atomic E-state index is 12.6. The molecule has 1 heterocycles. The molecular weight excluding hydrogens is 375 g/mol. The Labute approximate surface area is 158 Å². The van der Waals surface area contributed by atoms with E-state index in [9.17, 15) is 18.4 Å². The second-order valence-corrected chi connectivity index (χ2v) is 6.43. The number of benzene rings is 1. The van der Waals surface area contributed by atoms with Gasteiger partial charge in [0.15, 0.2) is 0 Å². The summed E-state index contributed by atoms with van der Waals surface area (Å²) in [6.07, 6.45) is 1.79. The van der Waals surface area contributed by atoms with Gasteiger partial charge in [-0.2, -0.15) is 5.26 Å². The van der Waals surface area contributed by atoms with Gasteiger partial charge in [0, 0.05) is 30.3 Å². The maximum Gasteiger partial charge on any atom is 0.573 e. The minimum Gasteiger partial charge on any atom is -0.406 e. The highest BCUT2D eigenvalue weighted by Gasteiger charge is 2.31. The Balaban J connectivity index is 2.16. The van der Waals surface area contributed by atoms with Crippen molar-refractivity contribution in [1.29, 1.82) is 5.26 Å². The van der Waals surface area contributed by atoms with Crippen molar-refractivity contribution in [3.8, 4) is 17.3 Å². The van der Waals surface area contributed by atoms with Gasteiger partial charge in [-0.25, -0.2) is 0 Å². The zero-order chi connectivity index (χ0) is 19.6. The first-order valence-corrected chi connectivity index (χ1v) is 9.22. The fourth-order valence-electron chi connectivity index (χ4n) is 3.06. The van der Waals surface area contributed by atoms with Crippen LogP contribution in [0.2, 0.25) is 0 Å². The van der Waals surface area contributed by atoms with Gasteiger partial charge < -0.3 is 14.0 Å². The Morgan fingerprint density at radius 3 is 2.52 bits per heavy atom. The van der Waals surface area contributed by atoms with E-state index < -0.39 is 6.36 Å². The quantitative estimate of drug-likeness (QED) is 0.809. The molecule has 0 unspecified atom stereocenters. The molecule has 0 radical (unpaired) electrons. The summed E-state index contributed by atoms with van der Waals surface area (Å²) in [5.74, 6) is -0.284. The number of hydrogen-bond acceptors (Lipinski definition) is 4. The van der Waals surface area contributed by atoms with Crippen molar-refractivity contribution < 1.29 is 17.9 Å². The van der Waals surface area contributed by atoms with Gasteiger partial charge in [0.05, 0.1) is 16.6 Å². The summed E-state index contributed by atoms with van der Waals surface area (Å²) in [5.41, 5.74) is 2.80. The summed E-state index contributed by atoms with van der Waals surface area (Å²) in [5, 5.41) is 10.8. The van der Waals surface area contributed by atoms with E-state index in [2.05, 4.69) is 15.5 Å². The molecule has 27 heavy (non-hydrogen) atoms. The van der Waals surface area contributed by atoms with E-state index in [-0.39, 0.29) is 12.2 Å². The number of nitriles is 1. The fourth-order valence-corrected chi connectivity index (χ4v) is 3.43.